The summed E-state index contributed by atoms with van der Waals surface area (Å²) in [6.07, 6.45) is 0. The lowest BCUT2D eigenvalue weighted by atomic mass is 10.1. The van der Waals surface area contributed by atoms with Crippen LogP contribution in [-0.4, -0.2) is 11.1 Å². The van der Waals surface area contributed by atoms with Gasteiger partial charge >= 0.3 is 5.97 Å². The highest BCUT2D eigenvalue weighted by Crippen LogP contribution is 2.06. The smallest absolute Gasteiger partial charge is 0.335 e. The van der Waals surface area contributed by atoms with E-state index in [2.05, 4.69) is 17.4 Å². The first-order valence-corrected chi connectivity index (χ1v) is 6.50. The molecule has 0 aliphatic rings. The monoisotopic (exact) mass is 270 g/mol. The maximum Gasteiger partial charge on any atom is 0.335 e. The number of rotatable bonds is 6. The predicted molar refractivity (Wildman–Crippen MR) is 78.3 cm³/mol. The summed E-state index contributed by atoms with van der Waals surface area (Å²) in [5.74, 6) is -0.899. The number of aromatic carboxylic acids is 1. The van der Waals surface area contributed by atoms with Crippen LogP contribution in [0.1, 0.15) is 27.0 Å². The Bertz CT molecular complexity index is 562. The molecular formula is C16H18N2O2. The molecule has 20 heavy (non-hydrogen) atoms. The van der Waals surface area contributed by atoms with Gasteiger partial charge < -0.3 is 16.2 Å². The zero-order valence-electron chi connectivity index (χ0n) is 11.2. The highest BCUT2D eigenvalue weighted by atomic mass is 16.4. The minimum Gasteiger partial charge on any atom is -0.478 e. The van der Waals surface area contributed by atoms with Crippen molar-refractivity contribution in [3.05, 3.63) is 70.8 Å². The molecule has 0 unspecified atom stereocenters. The molecule has 0 aromatic heterocycles. The van der Waals surface area contributed by atoms with Crippen molar-refractivity contribution < 1.29 is 9.90 Å². The van der Waals surface area contributed by atoms with Crippen LogP contribution in [0.5, 0.6) is 0 Å². The van der Waals surface area contributed by atoms with E-state index in [1.807, 2.05) is 24.3 Å². The Morgan fingerprint density at radius 3 is 1.80 bits per heavy atom. The molecule has 0 atom stereocenters. The van der Waals surface area contributed by atoms with Crippen molar-refractivity contribution in [1.29, 1.82) is 0 Å². The number of nitrogens with two attached hydrogens (primary N) is 1. The van der Waals surface area contributed by atoms with Crippen LogP contribution in [0.4, 0.5) is 0 Å². The van der Waals surface area contributed by atoms with Gasteiger partial charge in [0, 0.05) is 19.6 Å². The molecule has 0 saturated carbocycles. The Balaban J connectivity index is 1.84. The van der Waals surface area contributed by atoms with Gasteiger partial charge in [-0.05, 0) is 28.8 Å². The maximum absolute atomic E-state index is 10.7. The molecule has 4 N–H and O–H groups in total. The van der Waals surface area contributed by atoms with Gasteiger partial charge in [0.2, 0.25) is 0 Å². The number of carboxylic acids is 1. The number of benzene rings is 2. The van der Waals surface area contributed by atoms with E-state index in [0.717, 1.165) is 17.7 Å². The first-order valence-electron chi connectivity index (χ1n) is 6.50. The van der Waals surface area contributed by atoms with Gasteiger partial charge in [-0.1, -0.05) is 36.4 Å². The molecule has 0 radical (unpaired) electrons. The number of hydrogen-bond donors (Lipinski definition) is 3. The van der Waals surface area contributed by atoms with Crippen LogP contribution in [0, 0.1) is 0 Å². The molecule has 0 aliphatic heterocycles. The summed E-state index contributed by atoms with van der Waals surface area (Å²) in [7, 11) is 0. The van der Waals surface area contributed by atoms with Crippen LogP contribution in [0.25, 0.3) is 0 Å². The van der Waals surface area contributed by atoms with E-state index in [9.17, 15) is 4.79 Å². The Hall–Kier alpha value is -2.17. The fraction of sp³-hybridized carbons (Fsp3) is 0.188. The van der Waals surface area contributed by atoms with E-state index < -0.39 is 5.97 Å². The fourth-order valence-electron chi connectivity index (χ4n) is 1.91. The van der Waals surface area contributed by atoms with Crippen LogP contribution < -0.4 is 11.1 Å². The normalized spacial score (nSPS) is 10.4. The molecule has 2 rings (SSSR count). The molecule has 104 valence electrons. The van der Waals surface area contributed by atoms with Gasteiger partial charge in [0.1, 0.15) is 0 Å². The Labute approximate surface area is 118 Å². The quantitative estimate of drug-likeness (QED) is 0.751. The predicted octanol–water partition coefficient (Wildman–Crippen LogP) is 2.13. The largest absolute Gasteiger partial charge is 0.478 e. The molecule has 0 fully saturated rings. The summed E-state index contributed by atoms with van der Waals surface area (Å²) in [5, 5.41) is 12.1. The first kappa shape index (κ1) is 14.2. The highest BCUT2D eigenvalue weighted by Gasteiger charge is 2.01. The van der Waals surface area contributed by atoms with E-state index in [1.54, 1.807) is 12.1 Å². The minimum absolute atomic E-state index is 0.311. The van der Waals surface area contributed by atoms with E-state index >= 15 is 0 Å². The summed E-state index contributed by atoms with van der Waals surface area (Å²) in [6, 6.07) is 15.1. The average molecular weight is 270 g/mol. The van der Waals surface area contributed by atoms with Gasteiger partial charge in [0.05, 0.1) is 5.56 Å². The molecular weight excluding hydrogens is 252 g/mol. The average Bonchev–Trinajstić information content (AvgIpc) is 2.48. The van der Waals surface area contributed by atoms with Gasteiger partial charge in [-0.15, -0.1) is 0 Å². The lowest BCUT2D eigenvalue weighted by molar-refractivity contribution is 0.0697. The number of carboxylic acid groups (broad SMARTS) is 1. The van der Waals surface area contributed by atoms with E-state index in [-0.39, 0.29) is 0 Å². The van der Waals surface area contributed by atoms with Gasteiger partial charge in [-0.2, -0.15) is 0 Å². The molecule has 0 amide bonds. The van der Waals surface area contributed by atoms with Crippen LogP contribution in [0.3, 0.4) is 0 Å². The van der Waals surface area contributed by atoms with Crippen LogP contribution >= 0.6 is 0 Å². The number of hydrogen-bond acceptors (Lipinski definition) is 3. The van der Waals surface area contributed by atoms with Crippen molar-refractivity contribution >= 4 is 5.97 Å². The fourth-order valence-corrected chi connectivity index (χ4v) is 1.91. The SMILES string of the molecule is NCc1ccc(CNCc2ccc(C(=O)O)cc2)cc1. The van der Waals surface area contributed by atoms with Crippen molar-refractivity contribution in [3.8, 4) is 0 Å². The van der Waals surface area contributed by atoms with E-state index in [0.29, 0.717) is 18.7 Å². The molecule has 0 heterocycles. The van der Waals surface area contributed by atoms with Crippen molar-refractivity contribution in [1.82, 2.24) is 5.32 Å². The molecule has 0 saturated heterocycles. The topological polar surface area (TPSA) is 75.3 Å². The van der Waals surface area contributed by atoms with Crippen molar-refractivity contribution in [2.75, 3.05) is 0 Å². The van der Waals surface area contributed by atoms with Crippen LogP contribution in [0.2, 0.25) is 0 Å². The van der Waals surface area contributed by atoms with Gasteiger partial charge in [-0.3, -0.25) is 0 Å². The Kier molecular flexibility index (Phi) is 4.87. The van der Waals surface area contributed by atoms with Crippen molar-refractivity contribution in [3.63, 3.8) is 0 Å². The Morgan fingerprint density at radius 1 is 0.900 bits per heavy atom. The summed E-state index contributed by atoms with van der Waals surface area (Å²) in [6.45, 7) is 2.04. The zero-order valence-corrected chi connectivity index (χ0v) is 11.2. The molecule has 4 nitrogen and oxygen atoms in total. The summed E-state index contributed by atoms with van der Waals surface area (Å²) in [4.78, 5) is 10.7. The van der Waals surface area contributed by atoms with E-state index in [4.69, 9.17) is 10.8 Å². The molecule has 0 spiro atoms. The second-order valence-corrected chi connectivity index (χ2v) is 4.63. The third kappa shape index (κ3) is 3.91. The van der Waals surface area contributed by atoms with Gasteiger partial charge in [-0.25, -0.2) is 4.79 Å². The minimum atomic E-state index is -0.899. The van der Waals surface area contributed by atoms with E-state index in [1.165, 1.54) is 5.56 Å². The van der Waals surface area contributed by atoms with Gasteiger partial charge in [0.15, 0.2) is 0 Å². The highest BCUT2D eigenvalue weighted by molar-refractivity contribution is 5.87. The van der Waals surface area contributed by atoms with Crippen molar-refractivity contribution in [2.24, 2.45) is 5.73 Å². The number of nitrogens with one attached hydrogen (secondary N) is 1. The van der Waals surface area contributed by atoms with Crippen LogP contribution in [0.15, 0.2) is 48.5 Å². The second-order valence-electron chi connectivity index (χ2n) is 4.63. The second kappa shape index (κ2) is 6.84. The van der Waals surface area contributed by atoms with Gasteiger partial charge in [0.25, 0.3) is 0 Å². The first-order chi connectivity index (χ1) is 9.69. The maximum atomic E-state index is 10.7. The molecule has 4 heteroatoms. The third-order valence-electron chi connectivity index (χ3n) is 3.12. The standard InChI is InChI=1S/C16H18N2O2/c17-9-12-1-3-13(4-2-12)10-18-11-14-5-7-15(8-6-14)16(19)20/h1-8,18H,9-11,17H2,(H,19,20). The van der Waals surface area contributed by atoms with Crippen molar-refractivity contribution in [2.45, 2.75) is 19.6 Å². The Morgan fingerprint density at radius 2 is 1.35 bits per heavy atom. The number of carbonyl (C=O) groups is 1. The summed E-state index contributed by atoms with van der Waals surface area (Å²) in [5.41, 5.74) is 9.25. The zero-order chi connectivity index (χ0) is 14.4. The summed E-state index contributed by atoms with van der Waals surface area (Å²) < 4.78 is 0. The lowest BCUT2D eigenvalue weighted by Gasteiger charge is -2.06. The molecule has 0 aliphatic carbocycles. The third-order valence-corrected chi connectivity index (χ3v) is 3.12. The molecule has 2 aromatic carbocycles. The summed E-state index contributed by atoms with van der Waals surface area (Å²) >= 11 is 0. The molecule has 0 bridgehead atoms. The molecule has 2 aromatic rings. The lowest BCUT2D eigenvalue weighted by Crippen LogP contribution is -2.12. The van der Waals surface area contributed by atoms with Crippen LogP contribution in [-0.2, 0) is 19.6 Å².